The fourth-order valence-corrected chi connectivity index (χ4v) is 4.40. The summed E-state index contributed by atoms with van der Waals surface area (Å²) in [4.78, 5) is 0. The minimum absolute atomic E-state index is 0.285. The maximum absolute atomic E-state index is 3.75. The predicted octanol–water partition coefficient (Wildman–Crippen LogP) is 5.01. The molecule has 0 bridgehead atoms. The molecule has 0 aromatic carbocycles. The molecule has 2 rings (SSSR count). The molecule has 1 nitrogen and oxygen atoms in total. The Labute approximate surface area is 120 Å². The summed E-state index contributed by atoms with van der Waals surface area (Å²) in [6.45, 7) is 10.5. The van der Waals surface area contributed by atoms with Crippen molar-refractivity contribution in [2.24, 2.45) is 23.7 Å². The third kappa shape index (κ3) is 4.48. The minimum Gasteiger partial charge on any atom is -0.312 e. The highest BCUT2D eigenvalue weighted by Gasteiger charge is 2.35. The fraction of sp³-hybridized carbons (Fsp3) is 1.00. The second-order valence-electron chi connectivity index (χ2n) is 8.17. The van der Waals surface area contributed by atoms with Crippen LogP contribution in [0.3, 0.4) is 0 Å². The fourth-order valence-electron chi connectivity index (χ4n) is 4.40. The first-order valence-corrected chi connectivity index (χ1v) is 8.74. The maximum Gasteiger partial charge on any atom is 0.00966 e. The molecule has 2 fully saturated rings. The van der Waals surface area contributed by atoms with Crippen molar-refractivity contribution in [2.45, 2.75) is 84.6 Å². The van der Waals surface area contributed by atoms with Gasteiger partial charge in [-0.1, -0.05) is 32.6 Å². The lowest BCUT2D eigenvalue weighted by Gasteiger charge is -2.35. The SMILES string of the molecule is CCC1CCC(C2CCCC2CNC(C)(C)C)CC1. The van der Waals surface area contributed by atoms with E-state index in [2.05, 4.69) is 33.0 Å². The molecule has 0 aromatic heterocycles. The van der Waals surface area contributed by atoms with Crippen LogP contribution in [0.2, 0.25) is 0 Å². The van der Waals surface area contributed by atoms with Crippen LogP contribution in [0.4, 0.5) is 0 Å². The molecule has 0 aromatic rings. The molecule has 2 saturated carbocycles. The van der Waals surface area contributed by atoms with Crippen molar-refractivity contribution in [3.8, 4) is 0 Å². The van der Waals surface area contributed by atoms with Gasteiger partial charge in [-0.15, -0.1) is 0 Å². The van der Waals surface area contributed by atoms with Crippen molar-refractivity contribution >= 4 is 0 Å². The van der Waals surface area contributed by atoms with Crippen molar-refractivity contribution in [1.82, 2.24) is 5.32 Å². The van der Waals surface area contributed by atoms with Crippen molar-refractivity contribution < 1.29 is 0 Å². The molecule has 112 valence electrons. The zero-order chi connectivity index (χ0) is 13.9. The van der Waals surface area contributed by atoms with E-state index in [1.807, 2.05) is 0 Å². The van der Waals surface area contributed by atoms with Crippen LogP contribution in [-0.2, 0) is 0 Å². The molecule has 0 aliphatic heterocycles. The maximum atomic E-state index is 3.75. The van der Waals surface area contributed by atoms with E-state index in [4.69, 9.17) is 0 Å². The average molecular weight is 265 g/mol. The van der Waals surface area contributed by atoms with Crippen molar-refractivity contribution in [3.63, 3.8) is 0 Å². The molecule has 2 unspecified atom stereocenters. The van der Waals surface area contributed by atoms with Crippen molar-refractivity contribution in [1.29, 1.82) is 0 Å². The molecular weight excluding hydrogens is 230 g/mol. The Bertz CT molecular complexity index is 257. The largest absolute Gasteiger partial charge is 0.312 e. The molecular formula is C18H35N. The van der Waals surface area contributed by atoms with Crippen LogP contribution in [-0.4, -0.2) is 12.1 Å². The minimum atomic E-state index is 0.285. The van der Waals surface area contributed by atoms with Gasteiger partial charge in [0.1, 0.15) is 0 Å². The van der Waals surface area contributed by atoms with Gasteiger partial charge in [0, 0.05) is 5.54 Å². The summed E-state index contributed by atoms with van der Waals surface area (Å²) < 4.78 is 0. The van der Waals surface area contributed by atoms with E-state index in [1.165, 1.54) is 57.9 Å². The predicted molar refractivity (Wildman–Crippen MR) is 84.3 cm³/mol. The summed E-state index contributed by atoms with van der Waals surface area (Å²) >= 11 is 0. The lowest BCUT2D eigenvalue weighted by Crippen LogP contribution is -2.41. The van der Waals surface area contributed by atoms with Crippen LogP contribution in [0.15, 0.2) is 0 Å². The Hall–Kier alpha value is -0.0400. The second kappa shape index (κ2) is 6.61. The average Bonchev–Trinajstić information content (AvgIpc) is 2.84. The molecule has 1 N–H and O–H groups in total. The lowest BCUT2D eigenvalue weighted by atomic mass is 9.72. The Morgan fingerprint density at radius 2 is 1.63 bits per heavy atom. The molecule has 0 radical (unpaired) electrons. The number of hydrogen-bond acceptors (Lipinski definition) is 1. The van der Waals surface area contributed by atoms with Gasteiger partial charge in [0.25, 0.3) is 0 Å². The Morgan fingerprint density at radius 3 is 2.21 bits per heavy atom. The summed E-state index contributed by atoms with van der Waals surface area (Å²) in [6.07, 6.45) is 11.9. The first-order valence-electron chi connectivity index (χ1n) is 8.74. The van der Waals surface area contributed by atoms with Gasteiger partial charge in [-0.05, 0) is 76.7 Å². The highest BCUT2D eigenvalue weighted by molar-refractivity contribution is 4.88. The van der Waals surface area contributed by atoms with Gasteiger partial charge >= 0.3 is 0 Å². The number of hydrogen-bond donors (Lipinski definition) is 1. The van der Waals surface area contributed by atoms with Crippen LogP contribution >= 0.6 is 0 Å². The molecule has 19 heavy (non-hydrogen) atoms. The summed E-state index contributed by atoms with van der Waals surface area (Å²) in [7, 11) is 0. The third-order valence-corrected chi connectivity index (χ3v) is 5.69. The third-order valence-electron chi connectivity index (χ3n) is 5.69. The molecule has 2 aliphatic carbocycles. The Balaban J connectivity index is 1.82. The van der Waals surface area contributed by atoms with Gasteiger partial charge in [0.2, 0.25) is 0 Å². The summed E-state index contributed by atoms with van der Waals surface area (Å²) in [5.74, 6) is 4.09. The molecule has 2 aliphatic rings. The van der Waals surface area contributed by atoms with E-state index in [0.29, 0.717) is 0 Å². The Kier molecular flexibility index (Phi) is 5.34. The van der Waals surface area contributed by atoms with E-state index in [9.17, 15) is 0 Å². The number of rotatable bonds is 4. The van der Waals surface area contributed by atoms with Crippen molar-refractivity contribution in [3.05, 3.63) is 0 Å². The van der Waals surface area contributed by atoms with E-state index in [-0.39, 0.29) is 5.54 Å². The molecule has 2 atom stereocenters. The van der Waals surface area contributed by atoms with E-state index in [0.717, 1.165) is 23.7 Å². The first kappa shape index (κ1) is 15.4. The zero-order valence-corrected chi connectivity index (χ0v) is 13.7. The van der Waals surface area contributed by atoms with Crippen LogP contribution in [0, 0.1) is 23.7 Å². The van der Waals surface area contributed by atoms with Gasteiger partial charge in [-0.2, -0.15) is 0 Å². The van der Waals surface area contributed by atoms with Crippen LogP contribution in [0.25, 0.3) is 0 Å². The van der Waals surface area contributed by atoms with Gasteiger partial charge in [-0.25, -0.2) is 0 Å². The molecule has 0 heterocycles. The highest BCUT2D eigenvalue weighted by Crippen LogP contribution is 2.44. The molecule has 1 heteroatoms. The number of nitrogens with one attached hydrogen (secondary N) is 1. The van der Waals surface area contributed by atoms with E-state index >= 15 is 0 Å². The van der Waals surface area contributed by atoms with Crippen LogP contribution < -0.4 is 5.32 Å². The second-order valence-corrected chi connectivity index (χ2v) is 8.17. The molecule has 0 saturated heterocycles. The standard InChI is InChI=1S/C18H35N/c1-5-14-9-11-15(12-10-14)17-8-6-7-16(17)13-19-18(2,3)4/h14-17,19H,5-13H2,1-4H3. The van der Waals surface area contributed by atoms with Crippen LogP contribution in [0.5, 0.6) is 0 Å². The highest BCUT2D eigenvalue weighted by atomic mass is 14.9. The van der Waals surface area contributed by atoms with Gasteiger partial charge in [0.15, 0.2) is 0 Å². The van der Waals surface area contributed by atoms with Gasteiger partial charge in [0.05, 0.1) is 0 Å². The smallest absolute Gasteiger partial charge is 0.00966 e. The Morgan fingerprint density at radius 1 is 0.947 bits per heavy atom. The summed E-state index contributed by atoms with van der Waals surface area (Å²) in [5.41, 5.74) is 0.285. The summed E-state index contributed by atoms with van der Waals surface area (Å²) in [5, 5.41) is 3.75. The molecule has 0 amide bonds. The topological polar surface area (TPSA) is 12.0 Å². The van der Waals surface area contributed by atoms with E-state index < -0.39 is 0 Å². The van der Waals surface area contributed by atoms with E-state index in [1.54, 1.807) is 0 Å². The lowest BCUT2D eigenvalue weighted by molar-refractivity contribution is 0.163. The zero-order valence-electron chi connectivity index (χ0n) is 13.7. The van der Waals surface area contributed by atoms with Gasteiger partial charge < -0.3 is 5.32 Å². The van der Waals surface area contributed by atoms with Gasteiger partial charge in [-0.3, -0.25) is 0 Å². The normalized spacial score (nSPS) is 36.6. The van der Waals surface area contributed by atoms with Crippen molar-refractivity contribution in [2.75, 3.05) is 6.54 Å². The molecule has 0 spiro atoms. The monoisotopic (exact) mass is 265 g/mol. The first-order chi connectivity index (χ1) is 8.99. The summed E-state index contributed by atoms with van der Waals surface area (Å²) in [6, 6.07) is 0. The van der Waals surface area contributed by atoms with Crippen LogP contribution in [0.1, 0.15) is 79.1 Å². The quantitative estimate of drug-likeness (QED) is 0.753.